The van der Waals surface area contributed by atoms with Gasteiger partial charge in [-0.2, -0.15) is 0 Å². The Bertz CT molecular complexity index is 684. The van der Waals surface area contributed by atoms with Crippen LogP contribution in [0.1, 0.15) is 52.0 Å². The van der Waals surface area contributed by atoms with Crippen LogP contribution >= 0.6 is 12.6 Å². The van der Waals surface area contributed by atoms with Gasteiger partial charge in [0.1, 0.15) is 0 Å². The fourth-order valence-corrected chi connectivity index (χ4v) is 4.40. The number of thiol groups is 1. The molecule has 1 aromatic carbocycles. The number of benzene rings is 1. The number of hydrogen-bond acceptors (Lipinski definition) is 3. The lowest BCUT2D eigenvalue weighted by molar-refractivity contribution is 0.221. The Kier molecular flexibility index (Phi) is 7.23. The molecule has 0 spiro atoms. The second-order valence-corrected chi connectivity index (χ2v) is 13.8. The zero-order chi connectivity index (χ0) is 19.4. The highest BCUT2D eigenvalue weighted by Crippen LogP contribution is 2.40. The molecule has 0 saturated carbocycles. The lowest BCUT2D eigenvalue weighted by Gasteiger charge is -2.38. The van der Waals surface area contributed by atoms with Crippen molar-refractivity contribution in [3.63, 3.8) is 0 Å². The highest BCUT2D eigenvalue weighted by molar-refractivity contribution is 7.80. The Balaban J connectivity index is 2.48. The van der Waals surface area contributed by atoms with Crippen LogP contribution in [0.15, 0.2) is 46.6 Å². The summed E-state index contributed by atoms with van der Waals surface area (Å²) in [6.45, 7) is 12.1. The second-order valence-electron chi connectivity index (χ2n) is 8.64. The summed E-state index contributed by atoms with van der Waals surface area (Å²) in [4.78, 5) is 1.03. The fraction of sp³-hybridized carbons (Fsp3) is 0.545. The van der Waals surface area contributed by atoms with Gasteiger partial charge in [0.05, 0.1) is 12.4 Å². The molecule has 0 heterocycles. The van der Waals surface area contributed by atoms with E-state index in [9.17, 15) is 0 Å². The van der Waals surface area contributed by atoms with E-state index in [4.69, 9.17) is 9.16 Å². The number of hydrogen-bond donors (Lipinski definition) is 1. The molecule has 0 saturated heterocycles. The summed E-state index contributed by atoms with van der Waals surface area (Å²) in [6, 6.07) is 8.34. The molecule has 0 aliphatic heterocycles. The summed E-state index contributed by atoms with van der Waals surface area (Å²) >= 11 is 4.67. The quantitative estimate of drug-likeness (QED) is 0.437. The predicted octanol–water partition coefficient (Wildman–Crippen LogP) is 6.86. The molecule has 0 amide bonds. The van der Waals surface area contributed by atoms with Crippen LogP contribution in [-0.4, -0.2) is 22.0 Å². The standard InChI is InChI=1S/C22H34O2SSi/c1-22(2,3)26(5,6)24-20-13-9-7-11-17(15-18(20)16-23-4)19-12-8-10-14-21(19)25/h8,10,12,14-15,25H,7,9,11,13,16H2,1-6H3/b17-15+,20-18-. The van der Waals surface area contributed by atoms with Crippen molar-refractivity contribution in [2.24, 2.45) is 0 Å². The Labute approximate surface area is 166 Å². The first-order chi connectivity index (χ1) is 12.2. The van der Waals surface area contributed by atoms with E-state index in [1.54, 1.807) is 7.11 Å². The third-order valence-electron chi connectivity index (χ3n) is 5.54. The van der Waals surface area contributed by atoms with E-state index in [0.29, 0.717) is 6.61 Å². The summed E-state index contributed by atoms with van der Waals surface area (Å²) in [7, 11) is -0.112. The zero-order valence-electron chi connectivity index (χ0n) is 17.2. The van der Waals surface area contributed by atoms with E-state index < -0.39 is 8.32 Å². The van der Waals surface area contributed by atoms with E-state index in [2.05, 4.69) is 70.8 Å². The van der Waals surface area contributed by atoms with Crippen LogP contribution in [0.4, 0.5) is 0 Å². The van der Waals surface area contributed by atoms with Crippen molar-refractivity contribution in [2.75, 3.05) is 13.7 Å². The van der Waals surface area contributed by atoms with Crippen LogP contribution < -0.4 is 0 Å². The molecule has 2 nitrogen and oxygen atoms in total. The molecule has 0 fully saturated rings. The summed E-state index contributed by atoms with van der Waals surface area (Å²) in [5.41, 5.74) is 3.74. The Morgan fingerprint density at radius 3 is 2.35 bits per heavy atom. The molecule has 1 aromatic rings. The molecule has 0 radical (unpaired) electrons. The minimum atomic E-state index is -1.87. The van der Waals surface area contributed by atoms with Gasteiger partial charge in [-0.15, -0.1) is 12.6 Å². The highest BCUT2D eigenvalue weighted by Gasteiger charge is 2.39. The van der Waals surface area contributed by atoms with Crippen LogP contribution in [0.25, 0.3) is 5.57 Å². The van der Waals surface area contributed by atoms with Gasteiger partial charge in [0.15, 0.2) is 0 Å². The Morgan fingerprint density at radius 2 is 1.73 bits per heavy atom. The van der Waals surface area contributed by atoms with Crippen molar-refractivity contribution in [2.45, 2.75) is 69.5 Å². The Morgan fingerprint density at radius 1 is 1.08 bits per heavy atom. The zero-order valence-corrected chi connectivity index (χ0v) is 19.1. The average molecular weight is 391 g/mol. The number of rotatable bonds is 5. The number of allylic oxidation sites excluding steroid dienone is 2. The predicted molar refractivity (Wildman–Crippen MR) is 117 cm³/mol. The molecule has 0 bridgehead atoms. The smallest absolute Gasteiger partial charge is 0.250 e. The molecule has 26 heavy (non-hydrogen) atoms. The summed E-state index contributed by atoms with van der Waals surface area (Å²) in [5, 5.41) is 0.185. The van der Waals surface area contributed by atoms with Gasteiger partial charge in [-0.3, -0.25) is 0 Å². The molecule has 0 N–H and O–H groups in total. The van der Waals surface area contributed by atoms with E-state index >= 15 is 0 Å². The van der Waals surface area contributed by atoms with Crippen molar-refractivity contribution in [3.8, 4) is 0 Å². The maximum absolute atomic E-state index is 6.73. The molecule has 144 valence electrons. The van der Waals surface area contributed by atoms with E-state index in [-0.39, 0.29) is 5.04 Å². The first kappa shape index (κ1) is 21.3. The van der Waals surface area contributed by atoms with Crippen molar-refractivity contribution < 1.29 is 9.16 Å². The SMILES string of the molecule is COCC1=C(\O[Si](C)(C)C(C)(C)C)CCCC/C(c2ccccc2S)=C\1. The molecular formula is C22H34O2SSi. The van der Waals surface area contributed by atoms with Crippen LogP contribution in [0.2, 0.25) is 18.1 Å². The fourth-order valence-electron chi connectivity index (χ4n) is 2.94. The minimum absolute atomic E-state index is 0.185. The minimum Gasteiger partial charge on any atom is -0.546 e. The maximum atomic E-state index is 6.73. The topological polar surface area (TPSA) is 18.5 Å². The van der Waals surface area contributed by atoms with Gasteiger partial charge in [-0.25, -0.2) is 0 Å². The van der Waals surface area contributed by atoms with Gasteiger partial charge in [0.2, 0.25) is 8.32 Å². The van der Waals surface area contributed by atoms with Gasteiger partial charge in [0, 0.05) is 24.0 Å². The molecule has 0 aromatic heterocycles. The third-order valence-corrected chi connectivity index (χ3v) is 10.3. The first-order valence-electron chi connectivity index (χ1n) is 9.54. The van der Waals surface area contributed by atoms with E-state index in [1.165, 1.54) is 23.1 Å². The molecule has 0 atom stereocenters. The molecule has 1 aliphatic rings. The van der Waals surface area contributed by atoms with Crippen LogP contribution in [0.3, 0.4) is 0 Å². The monoisotopic (exact) mass is 390 g/mol. The van der Waals surface area contributed by atoms with Crippen LogP contribution in [0, 0.1) is 0 Å². The van der Waals surface area contributed by atoms with Gasteiger partial charge < -0.3 is 9.16 Å². The van der Waals surface area contributed by atoms with Crippen molar-refractivity contribution >= 4 is 26.5 Å². The molecule has 4 heteroatoms. The largest absolute Gasteiger partial charge is 0.546 e. The summed E-state index contributed by atoms with van der Waals surface area (Å²) in [6.07, 6.45) is 6.66. The third kappa shape index (κ3) is 5.27. The van der Waals surface area contributed by atoms with Crippen LogP contribution in [0.5, 0.6) is 0 Å². The Hall–Kier alpha value is -0.973. The maximum Gasteiger partial charge on any atom is 0.250 e. The average Bonchev–Trinajstić information content (AvgIpc) is 2.53. The molecule has 0 unspecified atom stereocenters. The molecule has 1 aliphatic carbocycles. The lowest BCUT2D eigenvalue weighted by atomic mass is 9.94. The highest BCUT2D eigenvalue weighted by atomic mass is 32.1. The van der Waals surface area contributed by atoms with Gasteiger partial charge in [0.25, 0.3) is 0 Å². The molecular weight excluding hydrogens is 356 g/mol. The van der Waals surface area contributed by atoms with Gasteiger partial charge >= 0.3 is 0 Å². The molecule has 2 rings (SSSR count). The van der Waals surface area contributed by atoms with Crippen molar-refractivity contribution in [3.05, 3.63) is 47.2 Å². The number of methoxy groups -OCH3 is 1. The first-order valence-corrected chi connectivity index (χ1v) is 12.9. The van der Waals surface area contributed by atoms with Gasteiger partial charge in [-0.05, 0) is 60.7 Å². The number of ether oxygens (including phenoxy) is 1. The van der Waals surface area contributed by atoms with Gasteiger partial charge in [-0.1, -0.05) is 39.0 Å². The van der Waals surface area contributed by atoms with E-state index in [0.717, 1.165) is 29.9 Å². The second kappa shape index (κ2) is 8.81. The van der Waals surface area contributed by atoms with Crippen LogP contribution in [-0.2, 0) is 9.16 Å². The van der Waals surface area contributed by atoms with E-state index in [1.807, 2.05) is 6.07 Å². The summed E-state index contributed by atoms with van der Waals surface area (Å²) in [5.74, 6) is 1.13. The van der Waals surface area contributed by atoms with Crippen molar-refractivity contribution in [1.29, 1.82) is 0 Å². The lowest BCUT2D eigenvalue weighted by Crippen LogP contribution is -2.40. The van der Waals surface area contributed by atoms with Crippen molar-refractivity contribution in [1.82, 2.24) is 0 Å². The normalized spacial score (nSPS) is 21.6. The summed E-state index contributed by atoms with van der Waals surface area (Å²) < 4.78 is 12.3.